The van der Waals surface area contributed by atoms with Crippen LogP contribution in [0.4, 0.5) is 0 Å². The van der Waals surface area contributed by atoms with Gasteiger partial charge >= 0.3 is 0 Å². The van der Waals surface area contributed by atoms with E-state index in [2.05, 4.69) is 26.1 Å². The third kappa shape index (κ3) is 4.27. The lowest BCUT2D eigenvalue weighted by atomic mass is 10.2. The lowest BCUT2D eigenvalue weighted by molar-refractivity contribution is -0.132. The Labute approximate surface area is 111 Å². The zero-order valence-corrected chi connectivity index (χ0v) is 12.0. The zero-order chi connectivity index (χ0) is 12.8. The number of likely N-dealkylation sites (N-methyl/N-ethyl adjacent to an activating group) is 1. The van der Waals surface area contributed by atoms with E-state index in [1.165, 1.54) is 0 Å². The predicted octanol–water partition coefficient (Wildman–Crippen LogP) is 0.0501. The molecule has 0 aromatic carbocycles. The molecule has 0 aromatic heterocycles. The van der Waals surface area contributed by atoms with E-state index >= 15 is 0 Å². The van der Waals surface area contributed by atoms with Gasteiger partial charge in [-0.15, -0.1) is 0 Å². The van der Waals surface area contributed by atoms with Gasteiger partial charge < -0.3 is 10.2 Å². The van der Waals surface area contributed by atoms with E-state index in [1.807, 2.05) is 11.8 Å². The molecule has 0 aliphatic carbocycles. The van der Waals surface area contributed by atoms with E-state index in [9.17, 15) is 9.59 Å². The number of amides is 2. The maximum absolute atomic E-state index is 11.9. The maximum Gasteiger partial charge on any atom is 0.236 e. The normalized spacial score (nSPS) is 18.9. The van der Waals surface area contributed by atoms with Crippen molar-refractivity contribution in [1.29, 1.82) is 0 Å². The van der Waals surface area contributed by atoms with E-state index in [-0.39, 0.29) is 16.6 Å². The molecule has 0 bridgehead atoms. The van der Waals surface area contributed by atoms with Crippen molar-refractivity contribution in [3.05, 3.63) is 0 Å². The number of carbonyl (C=O) groups excluding carboxylic acids is 2. The molecule has 0 aromatic rings. The first-order chi connectivity index (χ1) is 8.08. The SMILES string of the molecule is CCC(Br)C(=O)N1CCN(CC(=O)NC)CC1. The Kier molecular flexibility index (Phi) is 5.91. The molecule has 1 rings (SSSR count). The summed E-state index contributed by atoms with van der Waals surface area (Å²) in [6, 6.07) is 0. The number of hydrogen-bond donors (Lipinski definition) is 1. The Hall–Kier alpha value is -0.620. The molecule has 17 heavy (non-hydrogen) atoms. The Morgan fingerprint density at radius 2 is 1.88 bits per heavy atom. The number of carbonyl (C=O) groups is 2. The van der Waals surface area contributed by atoms with Crippen molar-refractivity contribution in [3.63, 3.8) is 0 Å². The number of nitrogens with one attached hydrogen (secondary N) is 1. The average Bonchev–Trinajstić information content (AvgIpc) is 2.37. The number of hydrogen-bond acceptors (Lipinski definition) is 3. The van der Waals surface area contributed by atoms with Gasteiger partial charge in [0.15, 0.2) is 0 Å². The van der Waals surface area contributed by atoms with Gasteiger partial charge in [-0.2, -0.15) is 0 Å². The molecular weight excluding hydrogens is 286 g/mol. The van der Waals surface area contributed by atoms with E-state index in [4.69, 9.17) is 0 Å². The summed E-state index contributed by atoms with van der Waals surface area (Å²) < 4.78 is 0. The Morgan fingerprint density at radius 3 is 2.35 bits per heavy atom. The van der Waals surface area contributed by atoms with Crippen LogP contribution >= 0.6 is 15.9 Å². The second-order valence-electron chi connectivity index (χ2n) is 4.15. The molecule has 0 spiro atoms. The molecular formula is C11H20BrN3O2. The predicted molar refractivity (Wildman–Crippen MR) is 70.1 cm³/mol. The highest BCUT2D eigenvalue weighted by atomic mass is 79.9. The molecule has 1 atom stereocenters. The van der Waals surface area contributed by atoms with Gasteiger partial charge in [-0.05, 0) is 6.42 Å². The van der Waals surface area contributed by atoms with Gasteiger partial charge in [-0.25, -0.2) is 0 Å². The molecule has 1 aliphatic heterocycles. The molecule has 1 aliphatic rings. The summed E-state index contributed by atoms with van der Waals surface area (Å²) in [5.41, 5.74) is 0. The molecule has 5 nitrogen and oxygen atoms in total. The van der Waals surface area contributed by atoms with Crippen LogP contribution in [-0.2, 0) is 9.59 Å². The summed E-state index contributed by atoms with van der Waals surface area (Å²) in [6.45, 7) is 5.35. The number of piperazine rings is 1. The number of alkyl halides is 1. The van der Waals surface area contributed by atoms with Crippen molar-refractivity contribution < 1.29 is 9.59 Å². The maximum atomic E-state index is 11.9. The van der Waals surface area contributed by atoms with E-state index in [1.54, 1.807) is 7.05 Å². The van der Waals surface area contributed by atoms with Crippen molar-refractivity contribution in [2.75, 3.05) is 39.8 Å². The summed E-state index contributed by atoms with van der Waals surface area (Å²) in [6.07, 6.45) is 0.803. The van der Waals surface area contributed by atoms with Crippen LogP contribution in [0.5, 0.6) is 0 Å². The van der Waals surface area contributed by atoms with Crippen LogP contribution in [0.15, 0.2) is 0 Å². The van der Waals surface area contributed by atoms with Gasteiger partial charge in [0.1, 0.15) is 0 Å². The zero-order valence-electron chi connectivity index (χ0n) is 10.4. The molecule has 0 radical (unpaired) electrons. The first-order valence-corrected chi connectivity index (χ1v) is 6.85. The van der Waals surface area contributed by atoms with Crippen LogP contribution < -0.4 is 5.32 Å². The minimum absolute atomic E-state index is 0.0247. The second kappa shape index (κ2) is 6.96. The molecule has 6 heteroatoms. The summed E-state index contributed by atoms with van der Waals surface area (Å²) in [5, 5.41) is 2.60. The highest BCUT2D eigenvalue weighted by molar-refractivity contribution is 9.10. The Morgan fingerprint density at radius 1 is 1.29 bits per heavy atom. The number of rotatable bonds is 4. The van der Waals surface area contributed by atoms with Crippen molar-refractivity contribution in [1.82, 2.24) is 15.1 Å². The molecule has 98 valence electrons. The van der Waals surface area contributed by atoms with Gasteiger partial charge in [0.2, 0.25) is 11.8 Å². The molecule has 1 fully saturated rings. The van der Waals surface area contributed by atoms with Crippen molar-refractivity contribution in [3.8, 4) is 0 Å². The van der Waals surface area contributed by atoms with E-state index < -0.39 is 0 Å². The van der Waals surface area contributed by atoms with Crippen molar-refractivity contribution in [2.45, 2.75) is 18.2 Å². The van der Waals surface area contributed by atoms with Crippen LogP contribution in [0.2, 0.25) is 0 Å². The highest BCUT2D eigenvalue weighted by Gasteiger charge is 2.25. The lowest BCUT2D eigenvalue weighted by Crippen LogP contribution is -2.52. The van der Waals surface area contributed by atoms with Crippen LogP contribution in [-0.4, -0.2) is 66.2 Å². The van der Waals surface area contributed by atoms with E-state index in [0.717, 1.165) is 19.5 Å². The summed E-state index contributed by atoms with van der Waals surface area (Å²) >= 11 is 3.38. The largest absolute Gasteiger partial charge is 0.358 e. The number of halogens is 1. The van der Waals surface area contributed by atoms with Crippen LogP contribution in [0, 0.1) is 0 Å². The van der Waals surface area contributed by atoms with Crippen LogP contribution in [0.25, 0.3) is 0 Å². The fraction of sp³-hybridized carbons (Fsp3) is 0.818. The van der Waals surface area contributed by atoms with Crippen molar-refractivity contribution >= 4 is 27.7 Å². The van der Waals surface area contributed by atoms with Gasteiger partial charge in [-0.3, -0.25) is 14.5 Å². The summed E-state index contributed by atoms with van der Waals surface area (Å²) in [7, 11) is 1.64. The van der Waals surface area contributed by atoms with Gasteiger partial charge in [0.05, 0.1) is 11.4 Å². The standard InChI is InChI=1S/C11H20BrN3O2/c1-3-9(12)11(17)15-6-4-14(5-7-15)8-10(16)13-2/h9H,3-8H2,1-2H3,(H,13,16). The highest BCUT2D eigenvalue weighted by Crippen LogP contribution is 2.11. The van der Waals surface area contributed by atoms with Crippen LogP contribution in [0.1, 0.15) is 13.3 Å². The fourth-order valence-electron chi connectivity index (χ4n) is 1.78. The Bertz CT molecular complexity index is 278. The topological polar surface area (TPSA) is 52.7 Å². The average molecular weight is 306 g/mol. The van der Waals surface area contributed by atoms with Gasteiger partial charge in [0, 0.05) is 33.2 Å². The fourth-order valence-corrected chi connectivity index (χ4v) is 2.07. The molecule has 1 unspecified atom stereocenters. The Balaban J connectivity index is 2.35. The van der Waals surface area contributed by atoms with E-state index in [0.29, 0.717) is 19.6 Å². The smallest absolute Gasteiger partial charge is 0.236 e. The van der Waals surface area contributed by atoms with Gasteiger partial charge in [-0.1, -0.05) is 22.9 Å². The monoisotopic (exact) mass is 305 g/mol. The molecule has 0 saturated carbocycles. The van der Waals surface area contributed by atoms with Crippen molar-refractivity contribution in [2.24, 2.45) is 0 Å². The first kappa shape index (κ1) is 14.4. The molecule has 2 amide bonds. The summed E-state index contributed by atoms with van der Waals surface area (Å²) in [5.74, 6) is 0.184. The first-order valence-electron chi connectivity index (χ1n) is 5.94. The third-order valence-electron chi connectivity index (χ3n) is 2.96. The minimum atomic E-state index is -0.0759. The minimum Gasteiger partial charge on any atom is -0.358 e. The molecule has 1 N–H and O–H groups in total. The second-order valence-corrected chi connectivity index (χ2v) is 5.26. The van der Waals surface area contributed by atoms with Gasteiger partial charge in [0.25, 0.3) is 0 Å². The number of nitrogens with zero attached hydrogens (tertiary/aromatic N) is 2. The lowest BCUT2D eigenvalue weighted by Gasteiger charge is -2.35. The molecule has 1 saturated heterocycles. The third-order valence-corrected chi connectivity index (χ3v) is 4.00. The van der Waals surface area contributed by atoms with Crippen LogP contribution in [0.3, 0.4) is 0 Å². The quantitative estimate of drug-likeness (QED) is 0.747. The summed E-state index contributed by atoms with van der Waals surface area (Å²) in [4.78, 5) is 27.0. The molecule has 1 heterocycles.